The fourth-order valence-corrected chi connectivity index (χ4v) is 9.14. The summed E-state index contributed by atoms with van der Waals surface area (Å²) < 4.78 is 95.4. The summed E-state index contributed by atoms with van der Waals surface area (Å²) in [6.07, 6.45) is 4.63. The third kappa shape index (κ3) is 13.1. The van der Waals surface area contributed by atoms with Gasteiger partial charge in [-0.25, -0.2) is 41.3 Å². The molecule has 0 spiro atoms. The Hall–Kier alpha value is -9.98. The van der Waals surface area contributed by atoms with Gasteiger partial charge in [0.05, 0.1) is 11.2 Å². The molecule has 12 aromatic rings. The molecule has 0 radical (unpaired) electrons. The quantitative estimate of drug-likeness (QED) is 0.103. The second kappa shape index (κ2) is 24.5. The Morgan fingerprint density at radius 1 is 0.388 bits per heavy atom. The molecule has 0 atom stereocenters. The molecule has 6 N–H and O–H groups in total. The predicted octanol–water partition coefficient (Wildman–Crippen LogP) is 11.9. The van der Waals surface area contributed by atoms with Gasteiger partial charge in [-0.05, 0) is 134 Å². The second-order valence-electron chi connectivity index (χ2n) is 19.8. The van der Waals surface area contributed by atoms with E-state index in [1.165, 1.54) is 67.0 Å². The minimum Gasteiger partial charge on any atom is -0.399 e. The van der Waals surface area contributed by atoms with Crippen LogP contribution in [-0.4, -0.2) is 78.8 Å². The molecule has 7 heterocycles. The summed E-state index contributed by atoms with van der Waals surface area (Å²) in [6, 6.07) is 37.7. The first-order chi connectivity index (χ1) is 40.7. The number of rotatable bonds is 6. The Labute approximate surface area is 489 Å². The first kappa shape index (κ1) is 58.2. The van der Waals surface area contributed by atoms with Crippen molar-refractivity contribution in [3.05, 3.63) is 204 Å². The summed E-state index contributed by atoms with van der Waals surface area (Å²) >= 11 is 3.18. The smallest absolute Gasteiger partial charge is 0.399 e. The Morgan fingerprint density at radius 3 is 1.16 bits per heavy atom. The second-order valence-corrected chi connectivity index (χ2v) is 20.6. The molecule has 0 amide bonds. The summed E-state index contributed by atoms with van der Waals surface area (Å²) in [4.78, 5) is 24.4. The lowest BCUT2D eigenvalue weighted by molar-refractivity contribution is 0.00578. The zero-order valence-corrected chi connectivity index (χ0v) is 46.8. The lowest BCUT2D eigenvalue weighted by atomic mass is 9.78. The van der Waals surface area contributed by atoms with Gasteiger partial charge in [0, 0.05) is 62.6 Å². The highest BCUT2D eigenvalue weighted by Crippen LogP contribution is 2.38. The number of pyridine rings is 3. The van der Waals surface area contributed by atoms with E-state index < -0.39 is 41.6 Å². The zero-order chi connectivity index (χ0) is 60.2. The van der Waals surface area contributed by atoms with Crippen molar-refractivity contribution in [3.8, 4) is 56.3 Å². The van der Waals surface area contributed by atoms with Gasteiger partial charge in [-0.1, -0.05) is 60.7 Å². The molecule has 0 saturated carbocycles. The third-order valence-corrected chi connectivity index (χ3v) is 14.0. The average Bonchev–Trinajstić information content (AvgIpc) is 3.74. The van der Waals surface area contributed by atoms with Crippen molar-refractivity contribution in [2.24, 2.45) is 0 Å². The number of halogens is 7. The Bertz CT molecular complexity index is 4290. The van der Waals surface area contributed by atoms with Gasteiger partial charge in [0.1, 0.15) is 79.9 Å². The van der Waals surface area contributed by atoms with Gasteiger partial charge in [0.25, 0.3) is 0 Å². The van der Waals surface area contributed by atoms with E-state index in [1.807, 2.05) is 39.8 Å². The highest BCUT2D eigenvalue weighted by atomic mass is 79.9. The van der Waals surface area contributed by atoms with Gasteiger partial charge in [-0.15, -0.1) is 30.6 Å². The van der Waals surface area contributed by atoms with Gasteiger partial charge in [0.15, 0.2) is 4.60 Å². The number of nitrogens with zero attached hydrogens (tertiary/aromatic N) is 12. The summed E-state index contributed by atoms with van der Waals surface area (Å²) in [6.45, 7) is 7.91. The van der Waals surface area contributed by atoms with Crippen molar-refractivity contribution in [1.29, 1.82) is 0 Å². The van der Waals surface area contributed by atoms with Crippen molar-refractivity contribution >= 4 is 79.1 Å². The molecule has 0 aliphatic carbocycles. The molecular formula is C60H45BBrF6N15O2. The first-order valence-electron chi connectivity index (χ1n) is 25.6. The van der Waals surface area contributed by atoms with Gasteiger partial charge in [0.2, 0.25) is 17.8 Å². The summed E-state index contributed by atoms with van der Waals surface area (Å²) in [5.41, 5.74) is 21.6. The molecule has 17 nitrogen and oxygen atoms in total. The lowest BCUT2D eigenvalue weighted by Gasteiger charge is -2.32. The molecule has 85 heavy (non-hydrogen) atoms. The third-order valence-electron chi connectivity index (χ3n) is 13.4. The Balaban J connectivity index is 0.000000128. The van der Waals surface area contributed by atoms with Gasteiger partial charge < -0.3 is 26.5 Å². The van der Waals surface area contributed by atoms with E-state index in [0.29, 0.717) is 82.6 Å². The molecule has 25 heteroatoms. The maximum atomic E-state index is 14.4. The number of hydrogen-bond acceptors (Lipinski definition) is 17. The maximum Gasteiger partial charge on any atom is 0.494 e. The van der Waals surface area contributed by atoms with Crippen molar-refractivity contribution in [3.63, 3.8) is 0 Å². The van der Waals surface area contributed by atoms with Crippen LogP contribution in [0.1, 0.15) is 27.7 Å². The van der Waals surface area contributed by atoms with Crippen LogP contribution in [0.2, 0.25) is 0 Å². The van der Waals surface area contributed by atoms with Crippen LogP contribution < -0.4 is 22.7 Å². The van der Waals surface area contributed by atoms with Crippen LogP contribution >= 0.6 is 15.9 Å². The van der Waals surface area contributed by atoms with Crippen LogP contribution in [0.5, 0.6) is 0 Å². The molecule has 424 valence electrons. The number of hydrogen-bond donors (Lipinski definition) is 3. The minimum atomic E-state index is -0.556. The van der Waals surface area contributed by atoms with Crippen LogP contribution in [0.25, 0.3) is 89.0 Å². The van der Waals surface area contributed by atoms with Crippen molar-refractivity contribution < 1.29 is 35.7 Å². The van der Waals surface area contributed by atoms with E-state index >= 15 is 0 Å². The molecule has 1 fully saturated rings. The number of anilines is 3. The lowest BCUT2D eigenvalue weighted by Crippen LogP contribution is -2.41. The van der Waals surface area contributed by atoms with E-state index in [2.05, 4.69) is 76.4 Å². The topological polar surface area (TPSA) is 251 Å². The van der Waals surface area contributed by atoms with Crippen LogP contribution in [0.3, 0.4) is 0 Å². The molecule has 1 aliphatic rings. The van der Waals surface area contributed by atoms with E-state index in [1.54, 1.807) is 85.1 Å². The zero-order valence-electron chi connectivity index (χ0n) is 45.2. The van der Waals surface area contributed by atoms with Gasteiger partial charge in [-0.3, -0.25) is 15.0 Å². The molecule has 1 aliphatic heterocycles. The van der Waals surface area contributed by atoms with Crippen molar-refractivity contribution in [1.82, 2.24) is 60.5 Å². The fourth-order valence-electron chi connectivity index (χ4n) is 8.74. The monoisotopic (exact) mass is 1210 g/mol. The van der Waals surface area contributed by atoms with Crippen LogP contribution in [-0.2, 0) is 9.31 Å². The summed E-state index contributed by atoms with van der Waals surface area (Å²) in [7, 11) is -0.556. The number of nitrogen functional groups attached to an aromatic ring is 3. The van der Waals surface area contributed by atoms with E-state index in [9.17, 15) is 26.3 Å². The molecule has 6 aromatic heterocycles. The van der Waals surface area contributed by atoms with Gasteiger partial charge in [-0.2, -0.15) is 0 Å². The first-order valence-corrected chi connectivity index (χ1v) is 26.4. The molecule has 1 saturated heterocycles. The fraction of sp³-hybridized carbons (Fsp3) is 0.100. The SMILES string of the molecule is CC1(C)OB(c2cc(F)c3ncccc3c2)OC1(C)C.Nc1nnc(-c2cc(F)c3ncccc3c2)c(-c2cccc(F)c2)n1.Nc1nnc(-c2cc(F)c3ncccc3c2)c(-c2cccc(F)c2)n1.Nc1nnc(Br)c(-c2cccc(F)c2)n1. The summed E-state index contributed by atoms with van der Waals surface area (Å²) in [5.74, 6) is -2.56. The van der Waals surface area contributed by atoms with Crippen LogP contribution in [0.4, 0.5) is 44.2 Å². The van der Waals surface area contributed by atoms with Crippen molar-refractivity contribution in [2.75, 3.05) is 17.2 Å². The van der Waals surface area contributed by atoms with E-state index in [-0.39, 0.29) is 40.5 Å². The van der Waals surface area contributed by atoms with Crippen LogP contribution in [0, 0.1) is 34.9 Å². The number of aromatic nitrogens is 12. The number of fused-ring (bicyclic) bond motifs is 3. The molecule has 6 aromatic carbocycles. The highest BCUT2D eigenvalue weighted by Gasteiger charge is 2.52. The standard InChI is InChI=1S/2C18H11F2N5.C15H17BFNO2.C9H6BrFN4/c2*19-13-5-1-3-11(8-13)16-17(24-25-18(21)23-16)12-7-10-4-2-6-22-15(10)14(20)9-12;1-14(2)15(3,4)20-16(19-14)11-8-10-6-5-7-18-13(10)12(17)9-11;10-8-7(13-9(12)15-14-8)5-2-1-3-6(11)4-5/h2*1-9H,(H2,21,23,25);5-9H,1-4H3;1-4H,(H2,12,13,15). The molecular weight excluding hydrogens is 1170 g/mol. The van der Waals surface area contributed by atoms with Crippen molar-refractivity contribution in [2.45, 2.75) is 38.9 Å². The Kier molecular flexibility index (Phi) is 16.8. The van der Waals surface area contributed by atoms with Gasteiger partial charge >= 0.3 is 7.12 Å². The molecule has 0 unspecified atom stereocenters. The number of benzene rings is 6. The summed E-state index contributed by atoms with van der Waals surface area (Å²) in [5, 5.41) is 24.9. The number of nitrogens with two attached hydrogens (primary N) is 3. The average molecular weight is 1210 g/mol. The largest absolute Gasteiger partial charge is 0.494 e. The predicted molar refractivity (Wildman–Crippen MR) is 315 cm³/mol. The molecule has 13 rings (SSSR count). The minimum absolute atomic E-state index is 0.0501. The van der Waals surface area contributed by atoms with E-state index in [4.69, 9.17) is 26.5 Å². The molecule has 0 bridgehead atoms. The highest BCUT2D eigenvalue weighted by molar-refractivity contribution is 9.10. The van der Waals surface area contributed by atoms with Crippen LogP contribution in [0.15, 0.2) is 169 Å². The Morgan fingerprint density at radius 2 is 0.753 bits per heavy atom. The normalized spacial score (nSPS) is 13.1. The van der Waals surface area contributed by atoms with E-state index in [0.717, 1.165) is 5.39 Å². The maximum absolute atomic E-state index is 14.4.